The molecular formula is C20H15ClN4O3. The smallest absolute Gasteiger partial charge is 0.332 e. The molecule has 0 aliphatic heterocycles. The molecule has 0 saturated heterocycles. The summed E-state index contributed by atoms with van der Waals surface area (Å²) >= 11 is 6.01. The quantitative estimate of drug-likeness (QED) is 0.486. The van der Waals surface area contributed by atoms with Crippen molar-refractivity contribution in [1.82, 2.24) is 19.3 Å². The lowest BCUT2D eigenvalue weighted by atomic mass is 10.2. The van der Waals surface area contributed by atoms with Gasteiger partial charge in [-0.3, -0.25) is 13.9 Å². The van der Waals surface area contributed by atoms with E-state index in [1.807, 2.05) is 6.07 Å². The third kappa shape index (κ3) is 3.16. The van der Waals surface area contributed by atoms with Crippen LogP contribution in [0.5, 0.6) is 0 Å². The third-order valence-electron chi connectivity index (χ3n) is 4.29. The Morgan fingerprint density at radius 2 is 1.93 bits per heavy atom. The SMILES string of the molecule is C=CCn1c(=O)c2ccccc2n(Cc2nc(-c3cccc(Cl)c3)no2)c1=O. The summed E-state index contributed by atoms with van der Waals surface area (Å²) in [6.07, 6.45) is 1.51. The van der Waals surface area contributed by atoms with Crippen molar-refractivity contribution in [3.8, 4) is 11.4 Å². The van der Waals surface area contributed by atoms with E-state index in [1.54, 1.807) is 42.5 Å². The number of halogens is 1. The first-order valence-corrected chi connectivity index (χ1v) is 8.88. The summed E-state index contributed by atoms with van der Waals surface area (Å²) in [5.74, 6) is 0.611. The van der Waals surface area contributed by atoms with Crippen LogP contribution in [0.25, 0.3) is 22.3 Å². The molecule has 0 amide bonds. The molecule has 0 aliphatic rings. The van der Waals surface area contributed by atoms with Crippen LogP contribution in [0.1, 0.15) is 5.89 Å². The molecule has 2 aromatic carbocycles. The Balaban J connectivity index is 1.81. The Morgan fingerprint density at radius 1 is 1.11 bits per heavy atom. The van der Waals surface area contributed by atoms with E-state index in [9.17, 15) is 9.59 Å². The largest absolute Gasteiger partial charge is 0.337 e. The van der Waals surface area contributed by atoms with Crippen LogP contribution in [-0.2, 0) is 13.1 Å². The Morgan fingerprint density at radius 3 is 2.71 bits per heavy atom. The molecule has 28 heavy (non-hydrogen) atoms. The number of hydrogen-bond donors (Lipinski definition) is 0. The molecule has 2 aromatic heterocycles. The van der Waals surface area contributed by atoms with Gasteiger partial charge in [0.15, 0.2) is 0 Å². The van der Waals surface area contributed by atoms with Gasteiger partial charge in [-0.2, -0.15) is 4.98 Å². The summed E-state index contributed by atoms with van der Waals surface area (Å²) < 4.78 is 7.89. The highest BCUT2D eigenvalue weighted by molar-refractivity contribution is 6.30. The number of benzene rings is 2. The van der Waals surface area contributed by atoms with Crippen LogP contribution < -0.4 is 11.2 Å². The topological polar surface area (TPSA) is 82.9 Å². The van der Waals surface area contributed by atoms with Crippen molar-refractivity contribution in [2.24, 2.45) is 0 Å². The van der Waals surface area contributed by atoms with Gasteiger partial charge in [0, 0.05) is 17.1 Å². The van der Waals surface area contributed by atoms with E-state index < -0.39 is 5.69 Å². The van der Waals surface area contributed by atoms with Gasteiger partial charge in [0.2, 0.25) is 11.7 Å². The zero-order valence-corrected chi connectivity index (χ0v) is 15.5. The molecule has 0 aliphatic carbocycles. The standard InChI is InChI=1S/C20H15ClN4O3/c1-2-10-24-19(26)15-8-3-4-9-16(15)25(20(24)27)12-17-22-18(23-28-17)13-6-5-7-14(21)11-13/h2-9,11H,1,10,12H2. The zero-order valence-electron chi connectivity index (χ0n) is 14.7. The van der Waals surface area contributed by atoms with Crippen LogP contribution in [0, 0.1) is 0 Å². The van der Waals surface area contributed by atoms with Gasteiger partial charge in [0.1, 0.15) is 6.54 Å². The minimum atomic E-state index is -0.467. The molecule has 0 spiro atoms. The minimum absolute atomic E-state index is 0.0321. The van der Waals surface area contributed by atoms with Crippen LogP contribution in [0.2, 0.25) is 5.02 Å². The monoisotopic (exact) mass is 394 g/mol. The molecule has 2 heterocycles. The summed E-state index contributed by atoms with van der Waals surface area (Å²) in [4.78, 5) is 29.9. The van der Waals surface area contributed by atoms with Crippen LogP contribution in [0.3, 0.4) is 0 Å². The number of hydrogen-bond acceptors (Lipinski definition) is 5. The summed E-state index contributed by atoms with van der Waals surface area (Å²) in [6, 6.07) is 14.0. The average Bonchev–Trinajstić information content (AvgIpc) is 3.17. The number of rotatable bonds is 5. The van der Waals surface area contributed by atoms with E-state index in [-0.39, 0.29) is 24.5 Å². The Hall–Kier alpha value is -3.45. The molecule has 0 unspecified atom stereocenters. The van der Waals surface area contributed by atoms with Gasteiger partial charge in [0.25, 0.3) is 5.56 Å². The average molecular weight is 395 g/mol. The molecule has 4 aromatic rings. The molecule has 0 saturated carbocycles. The van der Waals surface area contributed by atoms with Crippen molar-refractivity contribution in [2.75, 3.05) is 0 Å². The van der Waals surface area contributed by atoms with Gasteiger partial charge in [-0.05, 0) is 24.3 Å². The van der Waals surface area contributed by atoms with Crippen molar-refractivity contribution in [3.63, 3.8) is 0 Å². The molecule has 4 rings (SSSR count). The molecule has 0 radical (unpaired) electrons. The Labute approximate surface area is 164 Å². The van der Waals surface area contributed by atoms with Crippen LogP contribution in [0.4, 0.5) is 0 Å². The molecule has 140 valence electrons. The van der Waals surface area contributed by atoms with Gasteiger partial charge in [-0.15, -0.1) is 6.58 Å². The predicted octanol–water partition coefficient (Wildman–Crippen LogP) is 3.10. The van der Waals surface area contributed by atoms with Gasteiger partial charge >= 0.3 is 5.69 Å². The maximum atomic E-state index is 12.9. The van der Waals surface area contributed by atoms with Crippen LogP contribution in [0.15, 0.2) is 75.3 Å². The Bertz CT molecular complexity index is 1300. The second kappa shape index (κ2) is 7.28. The zero-order chi connectivity index (χ0) is 19.7. The highest BCUT2D eigenvalue weighted by atomic mass is 35.5. The number of para-hydroxylation sites is 1. The van der Waals surface area contributed by atoms with Crippen LogP contribution >= 0.6 is 11.6 Å². The summed E-state index contributed by atoms with van der Waals surface area (Å²) in [5, 5.41) is 4.95. The van der Waals surface area contributed by atoms with Gasteiger partial charge in [0.05, 0.1) is 10.9 Å². The van der Waals surface area contributed by atoms with E-state index >= 15 is 0 Å². The Kier molecular flexibility index (Phi) is 4.67. The lowest BCUT2D eigenvalue weighted by molar-refractivity contribution is 0.369. The second-order valence-electron chi connectivity index (χ2n) is 6.11. The number of fused-ring (bicyclic) bond motifs is 1. The highest BCUT2D eigenvalue weighted by Gasteiger charge is 2.16. The van der Waals surface area contributed by atoms with E-state index in [2.05, 4.69) is 16.7 Å². The second-order valence-corrected chi connectivity index (χ2v) is 6.55. The maximum absolute atomic E-state index is 12.9. The molecule has 8 heteroatoms. The van der Waals surface area contributed by atoms with Gasteiger partial charge in [-0.1, -0.05) is 47.1 Å². The lowest BCUT2D eigenvalue weighted by Gasteiger charge is -2.11. The third-order valence-corrected chi connectivity index (χ3v) is 4.52. The predicted molar refractivity (Wildman–Crippen MR) is 107 cm³/mol. The van der Waals surface area contributed by atoms with E-state index in [0.29, 0.717) is 27.3 Å². The van der Waals surface area contributed by atoms with E-state index in [0.717, 1.165) is 4.57 Å². The fourth-order valence-corrected chi connectivity index (χ4v) is 3.20. The normalized spacial score (nSPS) is 11.0. The van der Waals surface area contributed by atoms with Crippen molar-refractivity contribution < 1.29 is 4.52 Å². The number of nitrogens with zero attached hydrogens (tertiary/aromatic N) is 4. The fourth-order valence-electron chi connectivity index (χ4n) is 3.01. The molecule has 7 nitrogen and oxygen atoms in total. The molecule has 0 atom stereocenters. The maximum Gasteiger partial charge on any atom is 0.332 e. The lowest BCUT2D eigenvalue weighted by Crippen LogP contribution is -2.40. The highest BCUT2D eigenvalue weighted by Crippen LogP contribution is 2.20. The molecular weight excluding hydrogens is 380 g/mol. The first kappa shape index (κ1) is 17.9. The summed E-state index contributed by atoms with van der Waals surface area (Å²) in [5.41, 5.74) is 0.379. The first-order chi connectivity index (χ1) is 13.6. The van der Waals surface area contributed by atoms with Crippen molar-refractivity contribution in [1.29, 1.82) is 0 Å². The molecule has 0 N–H and O–H groups in total. The summed E-state index contributed by atoms with van der Waals surface area (Å²) in [7, 11) is 0. The van der Waals surface area contributed by atoms with E-state index in [1.165, 1.54) is 10.6 Å². The summed E-state index contributed by atoms with van der Waals surface area (Å²) in [6.45, 7) is 3.76. The minimum Gasteiger partial charge on any atom is -0.337 e. The fraction of sp³-hybridized carbons (Fsp3) is 0.100. The van der Waals surface area contributed by atoms with Crippen molar-refractivity contribution in [3.05, 3.63) is 92.9 Å². The van der Waals surface area contributed by atoms with Gasteiger partial charge < -0.3 is 4.52 Å². The van der Waals surface area contributed by atoms with Crippen molar-refractivity contribution >= 4 is 22.5 Å². The molecule has 0 fully saturated rings. The first-order valence-electron chi connectivity index (χ1n) is 8.50. The number of allylic oxidation sites excluding steroid dienone is 1. The molecule has 0 bridgehead atoms. The number of aromatic nitrogens is 4. The van der Waals surface area contributed by atoms with Crippen molar-refractivity contribution in [2.45, 2.75) is 13.1 Å². The van der Waals surface area contributed by atoms with Crippen LogP contribution in [-0.4, -0.2) is 19.3 Å². The van der Waals surface area contributed by atoms with E-state index in [4.69, 9.17) is 16.1 Å². The van der Waals surface area contributed by atoms with Gasteiger partial charge in [-0.25, -0.2) is 4.79 Å².